The predicted octanol–water partition coefficient (Wildman–Crippen LogP) is 3.85. The van der Waals surface area contributed by atoms with Gasteiger partial charge in [0.2, 0.25) is 11.8 Å². The van der Waals surface area contributed by atoms with Crippen LogP contribution in [0.25, 0.3) is 6.08 Å². The van der Waals surface area contributed by atoms with Gasteiger partial charge in [0, 0.05) is 25.9 Å². The number of carbonyl (C=O) groups is 1. The van der Waals surface area contributed by atoms with Gasteiger partial charge < -0.3 is 9.32 Å². The van der Waals surface area contributed by atoms with E-state index in [4.69, 9.17) is 4.42 Å². The maximum atomic E-state index is 12.8. The molecule has 0 fully saturated rings. The molecule has 0 N–H and O–H groups in total. The molecule has 0 aliphatic heterocycles. The van der Waals surface area contributed by atoms with Crippen LogP contribution in [0, 0.1) is 6.92 Å². The summed E-state index contributed by atoms with van der Waals surface area (Å²) in [5.41, 5.74) is 1.71. The van der Waals surface area contributed by atoms with Crippen LogP contribution in [0.2, 0.25) is 0 Å². The molecule has 27 heavy (non-hydrogen) atoms. The highest BCUT2D eigenvalue weighted by atomic mass is 32.2. The van der Waals surface area contributed by atoms with E-state index in [2.05, 4.69) is 27.3 Å². The SMILES string of the molecule is Cc1nnc(CN(C)C(=O)c2cccnc2SCC=Cc2ccccc2)o1. The lowest BCUT2D eigenvalue weighted by Gasteiger charge is -2.16. The van der Waals surface area contributed by atoms with Gasteiger partial charge in [0.1, 0.15) is 5.03 Å². The average molecular weight is 380 g/mol. The van der Waals surface area contributed by atoms with Crippen molar-refractivity contribution in [2.24, 2.45) is 0 Å². The zero-order valence-electron chi connectivity index (χ0n) is 15.2. The monoisotopic (exact) mass is 380 g/mol. The normalized spacial score (nSPS) is 11.0. The van der Waals surface area contributed by atoms with Crippen LogP contribution in [0.5, 0.6) is 0 Å². The molecule has 0 aliphatic carbocycles. The number of carbonyl (C=O) groups excluding carboxylic acids is 1. The summed E-state index contributed by atoms with van der Waals surface area (Å²) in [6, 6.07) is 13.6. The lowest BCUT2D eigenvalue weighted by molar-refractivity contribution is 0.0768. The molecule has 0 atom stereocenters. The third-order valence-corrected chi connectivity index (χ3v) is 4.67. The van der Waals surface area contributed by atoms with Crippen LogP contribution in [-0.4, -0.2) is 38.8 Å². The molecule has 0 spiro atoms. The van der Waals surface area contributed by atoms with Gasteiger partial charge in [-0.05, 0) is 17.7 Å². The zero-order chi connectivity index (χ0) is 19.1. The number of nitrogens with zero attached hydrogens (tertiary/aromatic N) is 4. The second-order valence-electron chi connectivity index (χ2n) is 5.86. The van der Waals surface area contributed by atoms with Crippen molar-refractivity contribution in [3.05, 3.63) is 77.6 Å². The van der Waals surface area contributed by atoms with Crippen molar-refractivity contribution in [1.82, 2.24) is 20.1 Å². The minimum atomic E-state index is -0.131. The molecule has 0 bridgehead atoms. The van der Waals surface area contributed by atoms with Gasteiger partial charge in [-0.1, -0.05) is 42.5 Å². The third kappa shape index (κ3) is 5.27. The highest BCUT2D eigenvalue weighted by molar-refractivity contribution is 7.99. The summed E-state index contributed by atoms with van der Waals surface area (Å²) in [5, 5.41) is 8.42. The Labute approximate surface area is 162 Å². The van der Waals surface area contributed by atoms with Crippen molar-refractivity contribution in [2.75, 3.05) is 12.8 Å². The van der Waals surface area contributed by atoms with E-state index in [9.17, 15) is 4.79 Å². The van der Waals surface area contributed by atoms with Crippen molar-refractivity contribution >= 4 is 23.7 Å². The van der Waals surface area contributed by atoms with Crippen LogP contribution in [0.15, 0.2) is 64.2 Å². The van der Waals surface area contributed by atoms with Gasteiger partial charge in [0.15, 0.2) is 0 Å². The van der Waals surface area contributed by atoms with Crippen molar-refractivity contribution < 1.29 is 9.21 Å². The molecule has 0 saturated heterocycles. The van der Waals surface area contributed by atoms with E-state index < -0.39 is 0 Å². The van der Waals surface area contributed by atoms with Crippen LogP contribution in [-0.2, 0) is 6.54 Å². The van der Waals surface area contributed by atoms with Crippen LogP contribution in [0.4, 0.5) is 0 Å². The fourth-order valence-electron chi connectivity index (χ4n) is 2.43. The van der Waals surface area contributed by atoms with E-state index in [-0.39, 0.29) is 12.5 Å². The molecule has 3 rings (SSSR count). The first-order chi connectivity index (χ1) is 13.1. The summed E-state index contributed by atoms with van der Waals surface area (Å²) in [6.07, 6.45) is 5.82. The number of hydrogen-bond donors (Lipinski definition) is 0. The number of aryl methyl sites for hydroxylation is 1. The molecule has 0 saturated carbocycles. The van der Waals surface area contributed by atoms with E-state index in [1.54, 1.807) is 37.2 Å². The molecule has 6 nitrogen and oxygen atoms in total. The molecule has 0 unspecified atom stereocenters. The fraction of sp³-hybridized carbons (Fsp3) is 0.200. The Morgan fingerprint density at radius 1 is 1.19 bits per heavy atom. The van der Waals surface area contributed by atoms with Crippen LogP contribution in [0.1, 0.15) is 27.7 Å². The largest absolute Gasteiger partial charge is 0.424 e. The van der Waals surface area contributed by atoms with Crippen molar-refractivity contribution in [3.63, 3.8) is 0 Å². The van der Waals surface area contributed by atoms with E-state index in [1.807, 2.05) is 30.3 Å². The molecule has 1 aromatic carbocycles. The lowest BCUT2D eigenvalue weighted by atomic mass is 10.2. The molecule has 0 radical (unpaired) electrons. The van der Waals surface area contributed by atoms with Gasteiger partial charge in [-0.25, -0.2) is 4.98 Å². The Morgan fingerprint density at radius 3 is 2.74 bits per heavy atom. The predicted molar refractivity (Wildman–Crippen MR) is 105 cm³/mol. The van der Waals surface area contributed by atoms with Gasteiger partial charge in [-0.15, -0.1) is 22.0 Å². The summed E-state index contributed by atoms with van der Waals surface area (Å²) >= 11 is 1.53. The number of amides is 1. The summed E-state index contributed by atoms with van der Waals surface area (Å²) in [6.45, 7) is 1.98. The Morgan fingerprint density at radius 2 is 2.00 bits per heavy atom. The standard InChI is InChI=1S/C20H20N4O2S/c1-15-22-23-18(26-15)14-24(2)20(25)17-11-6-12-21-19(17)27-13-7-10-16-8-4-3-5-9-16/h3-12H,13-14H2,1-2H3. The second-order valence-corrected chi connectivity index (χ2v) is 6.86. The smallest absolute Gasteiger partial charge is 0.256 e. The molecular weight excluding hydrogens is 360 g/mol. The number of hydrogen-bond acceptors (Lipinski definition) is 6. The number of pyridine rings is 1. The third-order valence-electron chi connectivity index (χ3n) is 3.71. The highest BCUT2D eigenvalue weighted by Crippen LogP contribution is 2.22. The average Bonchev–Trinajstić information content (AvgIpc) is 3.10. The minimum Gasteiger partial charge on any atom is -0.424 e. The molecule has 3 aromatic rings. The van der Waals surface area contributed by atoms with E-state index in [1.165, 1.54) is 11.8 Å². The molecule has 2 aromatic heterocycles. The molecule has 138 valence electrons. The van der Waals surface area contributed by atoms with Crippen LogP contribution >= 0.6 is 11.8 Å². The quantitative estimate of drug-likeness (QED) is 0.580. The number of thioether (sulfide) groups is 1. The summed E-state index contributed by atoms with van der Waals surface area (Å²) in [7, 11) is 1.71. The molecule has 7 heteroatoms. The number of rotatable bonds is 7. The van der Waals surface area contributed by atoms with E-state index >= 15 is 0 Å². The first-order valence-electron chi connectivity index (χ1n) is 8.47. The molecule has 2 heterocycles. The Balaban J connectivity index is 1.64. The first kappa shape index (κ1) is 18.8. The molecular formula is C20H20N4O2S. The maximum Gasteiger partial charge on any atom is 0.256 e. The van der Waals surface area contributed by atoms with Crippen LogP contribution < -0.4 is 0 Å². The first-order valence-corrected chi connectivity index (χ1v) is 9.46. The molecule has 0 aliphatic rings. The summed E-state index contributed by atoms with van der Waals surface area (Å²) in [4.78, 5) is 18.7. The number of benzene rings is 1. The van der Waals surface area contributed by atoms with Gasteiger partial charge >= 0.3 is 0 Å². The lowest BCUT2D eigenvalue weighted by Crippen LogP contribution is -2.27. The van der Waals surface area contributed by atoms with Gasteiger partial charge in [-0.3, -0.25) is 4.79 Å². The fourth-order valence-corrected chi connectivity index (χ4v) is 3.22. The van der Waals surface area contributed by atoms with Crippen molar-refractivity contribution in [1.29, 1.82) is 0 Å². The Hall–Kier alpha value is -2.93. The zero-order valence-corrected chi connectivity index (χ0v) is 16.0. The summed E-state index contributed by atoms with van der Waals surface area (Å²) < 4.78 is 5.35. The Bertz CT molecular complexity index is 924. The molecule has 1 amide bonds. The van der Waals surface area contributed by atoms with Gasteiger partial charge in [0.25, 0.3) is 5.91 Å². The van der Waals surface area contributed by atoms with Gasteiger partial charge in [-0.2, -0.15) is 0 Å². The number of aromatic nitrogens is 3. The maximum absolute atomic E-state index is 12.8. The second kappa shape index (κ2) is 9.14. The van der Waals surface area contributed by atoms with Gasteiger partial charge in [0.05, 0.1) is 12.1 Å². The van der Waals surface area contributed by atoms with E-state index in [0.29, 0.717) is 22.4 Å². The topological polar surface area (TPSA) is 72.1 Å². The summed E-state index contributed by atoms with van der Waals surface area (Å²) in [5.74, 6) is 1.48. The minimum absolute atomic E-state index is 0.131. The van der Waals surface area contributed by atoms with Crippen molar-refractivity contribution in [3.8, 4) is 0 Å². The Kier molecular flexibility index (Phi) is 6.38. The van der Waals surface area contributed by atoms with E-state index in [0.717, 1.165) is 11.3 Å². The van der Waals surface area contributed by atoms with Crippen LogP contribution in [0.3, 0.4) is 0 Å². The van der Waals surface area contributed by atoms with Crippen molar-refractivity contribution in [2.45, 2.75) is 18.5 Å². The highest BCUT2D eigenvalue weighted by Gasteiger charge is 2.18.